The maximum atomic E-state index is 13.3. The van der Waals surface area contributed by atoms with E-state index >= 15 is 0 Å². The summed E-state index contributed by atoms with van der Waals surface area (Å²) in [4.78, 5) is 49.1. The molecule has 234 valence electrons. The zero-order valence-electron chi connectivity index (χ0n) is 24.6. The molecule has 11 nitrogen and oxygen atoms in total. The topological polar surface area (TPSA) is 156 Å². The second kappa shape index (κ2) is 12.5. The third-order valence-electron chi connectivity index (χ3n) is 8.25. The number of esters is 3. The van der Waals surface area contributed by atoms with Gasteiger partial charge < -0.3 is 39.0 Å². The van der Waals surface area contributed by atoms with Crippen molar-refractivity contribution in [2.24, 2.45) is 0 Å². The monoisotopic (exact) mass is 621 g/mol. The van der Waals surface area contributed by atoms with Crippen molar-refractivity contribution in [2.75, 3.05) is 6.61 Å². The largest absolute Gasteiger partial charge is 0.456 e. The van der Waals surface area contributed by atoms with Gasteiger partial charge in [0.2, 0.25) is 0 Å². The third-order valence-corrected chi connectivity index (χ3v) is 8.25. The lowest BCUT2D eigenvalue weighted by molar-refractivity contribution is -0.268. The van der Waals surface area contributed by atoms with Crippen LogP contribution in [0.5, 0.6) is 0 Å². The van der Waals surface area contributed by atoms with Crippen LogP contribution in [0, 0.1) is 0 Å². The average molecular weight is 622 g/mol. The van der Waals surface area contributed by atoms with Crippen molar-refractivity contribution in [2.45, 2.75) is 43.9 Å². The van der Waals surface area contributed by atoms with Gasteiger partial charge in [-0.15, -0.1) is 0 Å². The predicted molar refractivity (Wildman–Crippen MR) is 168 cm³/mol. The van der Waals surface area contributed by atoms with E-state index in [4.69, 9.17) is 18.9 Å². The van der Waals surface area contributed by atoms with Crippen LogP contribution in [0.25, 0.3) is 32.7 Å². The van der Waals surface area contributed by atoms with Crippen LogP contribution in [-0.2, 0) is 52.6 Å². The number of nitrogens with one attached hydrogen (secondary N) is 3. The van der Waals surface area contributed by atoms with Gasteiger partial charge in [0.25, 0.3) is 0 Å². The molecule has 0 spiro atoms. The molecule has 46 heavy (non-hydrogen) atoms. The summed E-state index contributed by atoms with van der Waals surface area (Å²) in [5, 5.41) is 13.4. The van der Waals surface area contributed by atoms with Crippen LogP contribution >= 0.6 is 0 Å². The lowest BCUT2D eigenvalue weighted by Crippen LogP contribution is -2.57. The van der Waals surface area contributed by atoms with Crippen molar-refractivity contribution < 1.29 is 38.4 Å². The van der Waals surface area contributed by atoms with Gasteiger partial charge in [0, 0.05) is 51.3 Å². The number of aliphatic hydroxyl groups excluding tert-OH is 1. The van der Waals surface area contributed by atoms with E-state index in [-0.39, 0.29) is 25.9 Å². The summed E-state index contributed by atoms with van der Waals surface area (Å²) in [6.45, 7) is -0.275. The first kappa shape index (κ1) is 29.3. The van der Waals surface area contributed by atoms with Crippen molar-refractivity contribution in [1.29, 1.82) is 0 Å². The van der Waals surface area contributed by atoms with E-state index in [0.29, 0.717) is 11.1 Å². The molecule has 1 unspecified atom stereocenters. The molecule has 4 atom stereocenters. The number of aliphatic hydroxyl groups is 1. The Labute approximate surface area is 262 Å². The minimum atomic E-state index is -1.62. The second-order valence-corrected chi connectivity index (χ2v) is 11.3. The first-order valence-corrected chi connectivity index (χ1v) is 15.0. The summed E-state index contributed by atoms with van der Waals surface area (Å²) in [6, 6.07) is 22.6. The fourth-order valence-electron chi connectivity index (χ4n) is 6.02. The number of benzene rings is 3. The zero-order chi connectivity index (χ0) is 31.6. The average Bonchev–Trinajstić information content (AvgIpc) is 3.78. The summed E-state index contributed by atoms with van der Waals surface area (Å²) in [5.74, 6) is -1.93. The molecule has 11 heteroatoms. The molecule has 1 fully saturated rings. The lowest BCUT2D eigenvalue weighted by atomic mass is 10.0. The quantitative estimate of drug-likeness (QED) is 0.138. The molecule has 4 heterocycles. The normalized spacial score (nSPS) is 19.8. The van der Waals surface area contributed by atoms with Crippen LogP contribution in [0.1, 0.15) is 16.7 Å². The van der Waals surface area contributed by atoms with Crippen LogP contribution in [-0.4, -0.2) is 69.2 Å². The summed E-state index contributed by atoms with van der Waals surface area (Å²) >= 11 is 0. The molecule has 1 aliphatic heterocycles. The zero-order valence-corrected chi connectivity index (χ0v) is 24.6. The SMILES string of the molecule is O=C(Cc1c[nH]c2ccccc12)O[C@H]1[C@@H](OC(=O)Cc2c[nH]c3ccccc23)COC(O)[C@@H]1OC(=O)Cc1c[nH]c2ccccc12. The first-order chi connectivity index (χ1) is 22.4. The number of hydrogen-bond donors (Lipinski definition) is 4. The number of aromatic nitrogens is 3. The summed E-state index contributed by atoms with van der Waals surface area (Å²) < 4.78 is 22.8. The van der Waals surface area contributed by atoms with Gasteiger partial charge in [0.1, 0.15) is 0 Å². The molecule has 0 aliphatic carbocycles. The van der Waals surface area contributed by atoms with Crippen molar-refractivity contribution >= 4 is 50.6 Å². The predicted octanol–water partition coefficient (Wildman–Crippen LogP) is 4.24. The van der Waals surface area contributed by atoms with Crippen molar-refractivity contribution in [1.82, 2.24) is 15.0 Å². The molecule has 1 aliphatic rings. The highest BCUT2D eigenvalue weighted by Gasteiger charge is 2.47. The maximum Gasteiger partial charge on any atom is 0.310 e. The minimum absolute atomic E-state index is 0.0654. The number of rotatable bonds is 9. The Hall–Kier alpha value is -5.39. The van der Waals surface area contributed by atoms with Gasteiger partial charge in [0.15, 0.2) is 24.6 Å². The Kier molecular flexibility index (Phi) is 8.00. The van der Waals surface area contributed by atoms with Gasteiger partial charge in [-0.2, -0.15) is 0 Å². The van der Waals surface area contributed by atoms with Crippen LogP contribution in [0.4, 0.5) is 0 Å². The summed E-state index contributed by atoms with van der Waals surface area (Å²) in [6.07, 6.45) is -0.677. The van der Waals surface area contributed by atoms with E-state index in [1.807, 2.05) is 72.8 Å². The third kappa shape index (κ3) is 5.97. The van der Waals surface area contributed by atoms with Crippen LogP contribution in [0.3, 0.4) is 0 Å². The highest BCUT2D eigenvalue weighted by atomic mass is 16.7. The van der Waals surface area contributed by atoms with Gasteiger partial charge in [-0.1, -0.05) is 54.6 Å². The standard InChI is InChI=1S/C35H31N3O8/c39-30(13-20-16-36-26-10-4-1-7-23(20)26)44-29-19-43-35(42)34(46-32(41)15-22-18-38-28-12-6-3-9-25(22)28)33(29)45-31(40)14-21-17-37-27-11-5-2-8-24(21)27/h1-12,16-18,29,33-38,42H,13-15,19H2/t29-,33-,34+,35?/m0/s1. The van der Waals surface area contributed by atoms with Crippen LogP contribution in [0.2, 0.25) is 0 Å². The van der Waals surface area contributed by atoms with Gasteiger partial charge >= 0.3 is 17.9 Å². The molecule has 3 aromatic carbocycles. The molecule has 0 radical (unpaired) electrons. The van der Waals surface area contributed by atoms with Crippen LogP contribution in [0.15, 0.2) is 91.4 Å². The number of para-hydroxylation sites is 3. The number of fused-ring (bicyclic) bond motifs is 3. The molecule has 3 aromatic heterocycles. The van der Waals surface area contributed by atoms with Crippen molar-refractivity contribution in [3.63, 3.8) is 0 Å². The fourth-order valence-corrected chi connectivity index (χ4v) is 6.02. The van der Waals surface area contributed by atoms with Gasteiger partial charge in [-0.3, -0.25) is 14.4 Å². The van der Waals surface area contributed by atoms with Crippen molar-refractivity contribution in [3.8, 4) is 0 Å². The van der Waals surface area contributed by atoms with E-state index in [1.54, 1.807) is 18.6 Å². The minimum Gasteiger partial charge on any atom is -0.456 e. The molecule has 7 rings (SSSR count). The van der Waals surface area contributed by atoms with Gasteiger partial charge in [0.05, 0.1) is 25.9 Å². The van der Waals surface area contributed by atoms with E-state index in [1.165, 1.54) is 0 Å². The van der Waals surface area contributed by atoms with Gasteiger partial charge in [-0.25, -0.2) is 0 Å². The molecule has 1 saturated heterocycles. The van der Waals surface area contributed by atoms with E-state index < -0.39 is 42.5 Å². The molecule has 4 N–H and O–H groups in total. The van der Waals surface area contributed by atoms with E-state index in [0.717, 1.165) is 38.3 Å². The Bertz CT molecular complexity index is 2040. The fraction of sp³-hybridized carbons (Fsp3) is 0.229. The highest BCUT2D eigenvalue weighted by molar-refractivity contribution is 5.89. The molecule has 0 amide bonds. The molecule has 0 saturated carbocycles. The number of aromatic amines is 3. The second-order valence-electron chi connectivity index (χ2n) is 11.3. The Morgan fingerprint density at radius 1 is 0.609 bits per heavy atom. The highest BCUT2D eigenvalue weighted by Crippen LogP contribution is 2.27. The molecular formula is C35H31N3O8. The van der Waals surface area contributed by atoms with Crippen molar-refractivity contribution in [3.05, 3.63) is 108 Å². The lowest BCUT2D eigenvalue weighted by Gasteiger charge is -2.38. The number of ether oxygens (including phenoxy) is 4. The van der Waals surface area contributed by atoms with Crippen LogP contribution < -0.4 is 0 Å². The Morgan fingerprint density at radius 3 is 1.46 bits per heavy atom. The molecule has 6 aromatic rings. The van der Waals surface area contributed by atoms with Gasteiger partial charge in [-0.05, 0) is 34.9 Å². The first-order valence-electron chi connectivity index (χ1n) is 15.0. The summed E-state index contributed by atoms with van der Waals surface area (Å²) in [5.41, 5.74) is 4.72. The number of hydrogen-bond acceptors (Lipinski definition) is 8. The van der Waals surface area contributed by atoms with E-state index in [9.17, 15) is 19.5 Å². The number of carbonyl (C=O) groups excluding carboxylic acids is 3. The maximum absolute atomic E-state index is 13.3. The van der Waals surface area contributed by atoms with E-state index in [2.05, 4.69) is 15.0 Å². The Balaban J connectivity index is 1.11. The number of carbonyl (C=O) groups is 3. The number of H-pyrrole nitrogens is 3. The summed E-state index contributed by atoms with van der Waals surface area (Å²) in [7, 11) is 0. The molecular weight excluding hydrogens is 590 g/mol. The smallest absolute Gasteiger partial charge is 0.310 e. The Morgan fingerprint density at radius 2 is 1.00 bits per heavy atom. The molecule has 0 bridgehead atoms.